The lowest BCUT2D eigenvalue weighted by Crippen LogP contribution is -2.39. The first-order chi connectivity index (χ1) is 7.42. The van der Waals surface area contributed by atoms with Crippen molar-refractivity contribution < 1.29 is 14.7 Å². The third-order valence-corrected chi connectivity index (χ3v) is 3.27. The van der Waals surface area contributed by atoms with Crippen molar-refractivity contribution in [1.29, 1.82) is 0 Å². The highest BCUT2D eigenvalue weighted by molar-refractivity contribution is 5.86. The molecule has 0 atom stereocenters. The number of amides is 1. The Kier molecular flexibility index (Phi) is 4.33. The first-order valence-corrected chi connectivity index (χ1v) is 5.92. The molecule has 0 spiro atoms. The number of nitrogens with one attached hydrogen (secondary N) is 1. The molecule has 16 heavy (non-hydrogen) atoms. The van der Waals surface area contributed by atoms with Gasteiger partial charge in [-0.3, -0.25) is 9.59 Å². The Labute approximate surface area is 96.4 Å². The summed E-state index contributed by atoms with van der Waals surface area (Å²) in [5, 5.41) is 11.5. The van der Waals surface area contributed by atoms with Crippen LogP contribution in [0.2, 0.25) is 0 Å². The van der Waals surface area contributed by atoms with Crippen LogP contribution in [-0.4, -0.2) is 23.5 Å². The van der Waals surface area contributed by atoms with Crippen LogP contribution in [-0.2, 0) is 9.59 Å². The number of carboxylic acids is 1. The third-order valence-electron chi connectivity index (χ3n) is 3.27. The van der Waals surface area contributed by atoms with Crippen LogP contribution in [0.5, 0.6) is 0 Å². The van der Waals surface area contributed by atoms with Crippen molar-refractivity contribution in [1.82, 2.24) is 5.32 Å². The number of rotatable bonds is 6. The SMILES string of the molecule is CC(C)(CC(=O)O)C(=O)NCCC1CCC1. The predicted octanol–water partition coefficient (Wildman–Crippen LogP) is 1.79. The molecule has 4 nitrogen and oxygen atoms in total. The van der Waals surface area contributed by atoms with Gasteiger partial charge < -0.3 is 10.4 Å². The zero-order valence-corrected chi connectivity index (χ0v) is 10.1. The first kappa shape index (κ1) is 13.0. The maximum absolute atomic E-state index is 11.7. The highest BCUT2D eigenvalue weighted by Crippen LogP contribution is 2.29. The summed E-state index contributed by atoms with van der Waals surface area (Å²) >= 11 is 0. The molecule has 0 saturated heterocycles. The lowest BCUT2D eigenvalue weighted by atomic mass is 9.83. The summed E-state index contributed by atoms with van der Waals surface area (Å²) < 4.78 is 0. The van der Waals surface area contributed by atoms with Crippen LogP contribution in [0.4, 0.5) is 0 Å². The lowest BCUT2D eigenvalue weighted by Gasteiger charge is -2.26. The number of hydrogen-bond donors (Lipinski definition) is 2. The molecular weight excluding hydrogens is 206 g/mol. The van der Waals surface area contributed by atoms with Gasteiger partial charge in [0.15, 0.2) is 0 Å². The van der Waals surface area contributed by atoms with E-state index in [1.165, 1.54) is 19.3 Å². The zero-order chi connectivity index (χ0) is 12.2. The summed E-state index contributed by atoms with van der Waals surface area (Å²) in [6.45, 7) is 4.01. The molecule has 92 valence electrons. The molecule has 0 heterocycles. The van der Waals surface area contributed by atoms with Crippen LogP contribution >= 0.6 is 0 Å². The maximum Gasteiger partial charge on any atom is 0.304 e. The summed E-state index contributed by atoms with van der Waals surface area (Å²) in [5.74, 6) is -0.323. The molecule has 4 heteroatoms. The van der Waals surface area contributed by atoms with Crippen molar-refractivity contribution >= 4 is 11.9 Å². The summed E-state index contributed by atoms with van der Waals surface area (Å²) in [7, 11) is 0. The summed E-state index contributed by atoms with van der Waals surface area (Å²) in [6, 6.07) is 0. The van der Waals surface area contributed by atoms with E-state index >= 15 is 0 Å². The van der Waals surface area contributed by atoms with Crippen molar-refractivity contribution in [2.24, 2.45) is 11.3 Å². The van der Waals surface area contributed by atoms with Crippen LogP contribution in [0.3, 0.4) is 0 Å². The van der Waals surface area contributed by atoms with Crippen molar-refractivity contribution in [3.63, 3.8) is 0 Å². The highest BCUT2D eigenvalue weighted by atomic mass is 16.4. The van der Waals surface area contributed by atoms with Gasteiger partial charge in [-0.2, -0.15) is 0 Å². The Morgan fingerprint density at radius 2 is 2.00 bits per heavy atom. The molecule has 1 rings (SSSR count). The van der Waals surface area contributed by atoms with E-state index in [1.54, 1.807) is 13.8 Å². The molecule has 1 saturated carbocycles. The smallest absolute Gasteiger partial charge is 0.304 e. The van der Waals surface area contributed by atoms with Crippen LogP contribution in [0, 0.1) is 11.3 Å². The van der Waals surface area contributed by atoms with Crippen LogP contribution < -0.4 is 5.32 Å². The van der Waals surface area contributed by atoms with E-state index in [9.17, 15) is 9.59 Å². The Morgan fingerprint density at radius 3 is 2.44 bits per heavy atom. The Hall–Kier alpha value is -1.06. The third kappa shape index (κ3) is 3.83. The van der Waals surface area contributed by atoms with Gasteiger partial charge in [0.25, 0.3) is 0 Å². The average Bonchev–Trinajstić information content (AvgIpc) is 2.06. The Bertz CT molecular complexity index is 269. The monoisotopic (exact) mass is 227 g/mol. The van der Waals surface area contributed by atoms with Crippen LogP contribution in [0.15, 0.2) is 0 Å². The molecule has 0 radical (unpaired) electrons. The van der Waals surface area contributed by atoms with Crippen LogP contribution in [0.25, 0.3) is 0 Å². The summed E-state index contributed by atoms with van der Waals surface area (Å²) in [6.07, 6.45) is 4.75. The molecule has 1 amide bonds. The van der Waals surface area contributed by atoms with Gasteiger partial charge in [0.05, 0.1) is 11.8 Å². The van der Waals surface area contributed by atoms with Gasteiger partial charge in [0, 0.05) is 6.54 Å². The van der Waals surface area contributed by atoms with E-state index in [0.717, 1.165) is 12.3 Å². The van der Waals surface area contributed by atoms with Gasteiger partial charge in [0.1, 0.15) is 0 Å². The molecule has 0 unspecified atom stereocenters. The molecular formula is C12H21NO3. The lowest BCUT2D eigenvalue weighted by molar-refractivity contribution is -0.144. The minimum Gasteiger partial charge on any atom is -0.481 e. The van der Waals surface area contributed by atoms with Gasteiger partial charge in [-0.1, -0.05) is 33.1 Å². The molecule has 0 aromatic carbocycles. The summed E-state index contributed by atoms with van der Waals surface area (Å²) in [4.78, 5) is 22.3. The van der Waals surface area contributed by atoms with E-state index in [4.69, 9.17) is 5.11 Å². The molecule has 1 fully saturated rings. The van der Waals surface area contributed by atoms with Crippen molar-refractivity contribution in [2.45, 2.75) is 46.0 Å². The Balaban J connectivity index is 2.23. The van der Waals surface area contributed by atoms with Gasteiger partial charge in [-0.15, -0.1) is 0 Å². The molecule has 0 aromatic heterocycles. The molecule has 0 aliphatic heterocycles. The van der Waals surface area contributed by atoms with Crippen LogP contribution in [0.1, 0.15) is 46.0 Å². The Morgan fingerprint density at radius 1 is 1.38 bits per heavy atom. The van der Waals surface area contributed by atoms with E-state index < -0.39 is 11.4 Å². The summed E-state index contributed by atoms with van der Waals surface area (Å²) in [5.41, 5.74) is -0.814. The van der Waals surface area contributed by atoms with Gasteiger partial charge >= 0.3 is 5.97 Å². The van der Waals surface area contributed by atoms with E-state index in [0.29, 0.717) is 6.54 Å². The minimum atomic E-state index is -0.931. The van der Waals surface area contributed by atoms with E-state index in [-0.39, 0.29) is 12.3 Å². The second kappa shape index (κ2) is 5.32. The molecule has 2 N–H and O–H groups in total. The van der Waals surface area contributed by atoms with E-state index in [2.05, 4.69) is 5.32 Å². The first-order valence-electron chi connectivity index (χ1n) is 5.92. The van der Waals surface area contributed by atoms with Gasteiger partial charge in [-0.25, -0.2) is 0 Å². The standard InChI is InChI=1S/C12H21NO3/c1-12(2,8-10(14)15)11(16)13-7-6-9-4-3-5-9/h9H,3-8H2,1-2H3,(H,13,16)(H,14,15). The number of carbonyl (C=O) groups is 2. The fraction of sp³-hybridized carbons (Fsp3) is 0.833. The maximum atomic E-state index is 11.7. The van der Waals surface area contributed by atoms with Gasteiger partial charge in [-0.05, 0) is 12.3 Å². The predicted molar refractivity (Wildman–Crippen MR) is 61.0 cm³/mol. The molecule has 0 aromatic rings. The number of carbonyl (C=O) groups excluding carboxylic acids is 1. The van der Waals surface area contributed by atoms with Crippen molar-refractivity contribution in [2.75, 3.05) is 6.54 Å². The average molecular weight is 227 g/mol. The van der Waals surface area contributed by atoms with Gasteiger partial charge in [0.2, 0.25) is 5.91 Å². The largest absolute Gasteiger partial charge is 0.481 e. The number of carboxylic acid groups (broad SMARTS) is 1. The minimum absolute atomic E-state index is 0.123. The number of hydrogen-bond acceptors (Lipinski definition) is 2. The van der Waals surface area contributed by atoms with E-state index in [1.807, 2.05) is 0 Å². The normalized spacial score (nSPS) is 16.6. The van der Waals surface area contributed by atoms with Crippen molar-refractivity contribution in [3.05, 3.63) is 0 Å². The highest BCUT2D eigenvalue weighted by Gasteiger charge is 2.30. The zero-order valence-electron chi connectivity index (χ0n) is 10.1. The van der Waals surface area contributed by atoms with Crippen molar-refractivity contribution in [3.8, 4) is 0 Å². The fourth-order valence-corrected chi connectivity index (χ4v) is 1.87. The fourth-order valence-electron chi connectivity index (χ4n) is 1.87. The molecule has 0 bridgehead atoms. The molecule has 1 aliphatic rings. The second-order valence-corrected chi connectivity index (χ2v) is 5.30. The number of aliphatic carboxylic acids is 1. The quantitative estimate of drug-likeness (QED) is 0.727. The second-order valence-electron chi connectivity index (χ2n) is 5.30. The molecule has 1 aliphatic carbocycles. The topological polar surface area (TPSA) is 66.4 Å².